The second-order valence-electron chi connectivity index (χ2n) is 7.98. The van der Waals surface area contributed by atoms with Crippen molar-refractivity contribution < 1.29 is 9.53 Å². The summed E-state index contributed by atoms with van der Waals surface area (Å²) in [6.07, 6.45) is 3.01. The first-order valence-electron chi connectivity index (χ1n) is 10.2. The molecule has 2 aromatic heterocycles. The monoisotopic (exact) mass is 397 g/mol. The van der Waals surface area contributed by atoms with Gasteiger partial charge in [0.25, 0.3) is 0 Å². The van der Waals surface area contributed by atoms with Crippen LogP contribution in [0.15, 0.2) is 54.7 Å². The molecule has 2 heterocycles. The minimum Gasteiger partial charge on any atom is -0.497 e. The third kappa shape index (κ3) is 2.98. The van der Waals surface area contributed by atoms with E-state index in [-0.39, 0.29) is 11.7 Å². The highest BCUT2D eigenvalue weighted by molar-refractivity contribution is 5.99. The summed E-state index contributed by atoms with van der Waals surface area (Å²) < 4.78 is 7.16. The van der Waals surface area contributed by atoms with Crippen molar-refractivity contribution in [3.8, 4) is 16.9 Å². The molecule has 4 aromatic rings. The lowest BCUT2D eigenvalue weighted by Gasteiger charge is -2.24. The first-order valence-corrected chi connectivity index (χ1v) is 10.2. The van der Waals surface area contributed by atoms with Gasteiger partial charge in [-0.1, -0.05) is 42.0 Å². The van der Waals surface area contributed by atoms with Gasteiger partial charge in [-0.15, -0.1) is 0 Å². The van der Waals surface area contributed by atoms with Crippen LogP contribution in [-0.4, -0.2) is 27.5 Å². The quantitative estimate of drug-likeness (QED) is 0.492. The minimum absolute atomic E-state index is 0.135. The molecule has 30 heavy (non-hydrogen) atoms. The van der Waals surface area contributed by atoms with Crippen LogP contribution in [0.4, 0.5) is 0 Å². The number of ether oxygens (including phenoxy) is 1. The number of aromatic nitrogens is 3. The van der Waals surface area contributed by atoms with Crippen LogP contribution >= 0.6 is 0 Å². The minimum atomic E-state index is 0.135. The fraction of sp³-hybridized carbons (Fsp3) is 0.240. The Morgan fingerprint density at radius 2 is 1.73 bits per heavy atom. The Morgan fingerprint density at radius 1 is 1.00 bits per heavy atom. The summed E-state index contributed by atoms with van der Waals surface area (Å²) in [7, 11) is 1.66. The normalized spacial score (nSPS) is 16.0. The van der Waals surface area contributed by atoms with Crippen molar-refractivity contribution in [1.82, 2.24) is 14.6 Å². The predicted molar refractivity (Wildman–Crippen MR) is 116 cm³/mol. The van der Waals surface area contributed by atoms with E-state index in [1.807, 2.05) is 35.7 Å². The number of rotatable bonds is 3. The van der Waals surface area contributed by atoms with Gasteiger partial charge >= 0.3 is 0 Å². The molecule has 1 aliphatic rings. The topological polar surface area (TPSA) is 56.5 Å². The Hall–Kier alpha value is -3.47. The van der Waals surface area contributed by atoms with Gasteiger partial charge in [0.15, 0.2) is 11.4 Å². The fourth-order valence-corrected chi connectivity index (χ4v) is 4.38. The smallest absolute Gasteiger partial charge is 0.166 e. The summed E-state index contributed by atoms with van der Waals surface area (Å²) in [6, 6.07) is 16.4. The molecular formula is C25H23N3O2. The number of fused-ring (bicyclic) bond motifs is 3. The van der Waals surface area contributed by atoms with Gasteiger partial charge in [0.2, 0.25) is 0 Å². The maximum Gasteiger partial charge on any atom is 0.166 e. The van der Waals surface area contributed by atoms with Crippen molar-refractivity contribution in [2.45, 2.75) is 32.6 Å². The number of benzene rings is 2. The first-order chi connectivity index (χ1) is 14.5. The standard InChI is InChI=1S/C25H23N3O2/c1-15-4-6-17(7-5-15)19-12-22-21(23(29)13-19)14-26-25-24(16(2)27-28(22)25)18-8-10-20(30-3)11-9-18/h4-11,14,19H,12-13H2,1-3H3/t19-/m0/s1. The van der Waals surface area contributed by atoms with Gasteiger partial charge in [0, 0.05) is 18.2 Å². The molecule has 5 rings (SSSR count). The van der Waals surface area contributed by atoms with Gasteiger partial charge in [0.1, 0.15) is 5.75 Å². The van der Waals surface area contributed by atoms with Crippen molar-refractivity contribution in [3.05, 3.63) is 82.8 Å². The molecule has 0 aliphatic heterocycles. The number of ketones is 1. The van der Waals surface area contributed by atoms with E-state index in [2.05, 4.69) is 36.2 Å². The summed E-state index contributed by atoms with van der Waals surface area (Å²) in [5.74, 6) is 1.10. The number of nitrogens with zero attached hydrogens (tertiary/aromatic N) is 3. The van der Waals surface area contributed by atoms with Crippen LogP contribution < -0.4 is 4.74 Å². The maximum atomic E-state index is 12.9. The molecule has 0 spiro atoms. The van der Waals surface area contributed by atoms with Crippen molar-refractivity contribution in [2.75, 3.05) is 7.11 Å². The molecule has 0 N–H and O–H groups in total. The first kappa shape index (κ1) is 18.6. The Kier molecular flexibility index (Phi) is 4.39. The Bertz CT molecular complexity index is 1250. The van der Waals surface area contributed by atoms with Crippen LogP contribution in [0.2, 0.25) is 0 Å². The van der Waals surface area contributed by atoms with E-state index in [0.29, 0.717) is 12.0 Å². The maximum absolute atomic E-state index is 12.9. The zero-order chi connectivity index (χ0) is 20.8. The molecule has 5 heteroatoms. The number of hydrogen-bond acceptors (Lipinski definition) is 4. The average molecular weight is 397 g/mol. The van der Waals surface area contributed by atoms with E-state index < -0.39 is 0 Å². The number of methoxy groups -OCH3 is 1. The van der Waals surface area contributed by atoms with Crippen molar-refractivity contribution >= 4 is 11.4 Å². The number of carbonyl (C=O) groups excluding carboxylic acids is 1. The predicted octanol–water partition coefficient (Wildman–Crippen LogP) is 4.93. The molecule has 0 bridgehead atoms. The molecule has 5 nitrogen and oxygen atoms in total. The molecule has 2 aromatic carbocycles. The van der Waals surface area contributed by atoms with E-state index in [0.717, 1.165) is 40.3 Å². The van der Waals surface area contributed by atoms with Gasteiger partial charge < -0.3 is 4.74 Å². The highest BCUT2D eigenvalue weighted by atomic mass is 16.5. The second kappa shape index (κ2) is 7.10. The van der Waals surface area contributed by atoms with Gasteiger partial charge in [-0.05, 0) is 49.4 Å². The molecule has 0 unspecified atom stereocenters. The van der Waals surface area contributed by atoms with Gasteiger partial charge in [-0.2, -0.15) is 5.10 Å². The summed E-state index contributed by atoms with van der Waals surface area (Å²) in [5, 5.41) is 4.79. The van der Waals surface area contributed by atoms with Crippen molar-refractivity contribution in [1.29, 1.82) is 0 Å². The third-order valence-corrected chi connectivity index (χ3v) is 6.02. The SMILES string of the molecule is COc1ccc(-c2c(C)nn3c4c(cnc23)C(=O)C[C@@H](c2ccc(C)cc2)C4)cc1. The Labute approximate surface area is 175 Å². The molecule has 0 amide bonds. The lowest BCUT2D eigenvalue weighted by Crippen LogP contribution is -2.22. The molecule has 0 fully saturated rings. The highest BCUT2D eigenvalue weighted by Crippen LogP contribution is 2.35. The van der Waals surface area contributed by atoms with Crippen LogP contribution in [0.3, 0.4) is 0 Å². The number of hydrogen-bond donors (Lipinski definition) is 0. The van der Waals surface area contributed by atoms with Gasteiger partial charge in [0.05, 0.1) is 24.1 Å². The average Bonchev–Trinajstić information content (AvgIpc) is 3.10. The van der Waals surface area contributed by atoms with E-state index >= 15 is 0 Å². The summed E-state index contributed by atoms with van der Waals surface area (Å²) in [5.41, 5.74) is 7.76. The number of Topliss-reactive ketones (excluding diaryl/α,β-unsaturated/α-hetero) is 1. The van der Waals surface area contributed by atoms with Crippen LogP contribution in [0.5, 0.6) is 5.75 Å². The van der Waals surface area contributed by atoms with Gasteiger partial charge in [-0.3, -0.25) is 4.79 Å². The van der Waals surface area contributed by atoms with Crippen LogP contribution in [0.1, 0.15) is 45.2 Å². The molecule has 1 atom stereocenters. The Morgan fingerprint density at radius 3 is 2.43 bits per heavy atom. The lowest BCUT2D eigenvalue weighted by molar-refractivity contribution is 0.0962. The third-order valence-electron chi connectivity index (χ3n) is 6.02. The molecule has 150 valence electrons. The molecule has 0 saturated carbocycles. The second-order valence-corrected chi connectivity index (χ2v) is 7.98. The van der Waals surface area contributed by atoms with E-state index in [9.17, 15) is 4.79 Å². The summed E-state index contributed by atoms with van der Waals surface area (Å²) >= 11 is 0. The zero-order valence-corrected chi connectivity index (χ0v) is 17.3. The largest absolute Gasteiger partial charge is 0.497 e. The van der Waals surface area contributed by atoms with Crippen LogP contribution in [0, 0.1) is 13.8 Å². The molecule has 0 radical (unpaired) electrons. The molecular weight excluding hydrogens is 374 g/mol. The van der Waals surface area contributed by atoms with E-state index in [4.69, 9.17) is 9.84 Å². The number of aryl methyl sites for hydroxylation is 2. The van der Waals surface area contributed by atoms with Crippen molar-refractivity contribution in [2.24, 2.45) is 0 Å². The Balaban J connectivity index is 1.62. The van der Waals surface area contributed by atoms with E-state index in [1.165, 1.54) is 11.1 Å². The molecule has 0 saturated heterocycles. The van der Waals surface area contributed by atoms with E-state index in [1.54, 1.807) is 13.3 Å². The van der Waals surface area contributed by atoms with Crippen LogP contribution in [0.25, 0.3) is 16.8 Å². The summed E-state index contributed by atoms with van der Waals surface area (Å²) in [4.78, 5) is 17.6. The fourth-order valence-electron chi connectivity index (χ4n) is 4.38. The van der Waals surface area contributed by atoms with Gasteiger partial charge in [-0.25, -0.2) is 9.50 Å². The zero-order valence-electron chi connectivity index (χ0n) is 17.3. The van der Waals surface area contributed by atoms with Crippen molar-refractivity contribution in [3.63, 3.8) is 0 Å². The number of carbonyl (C=O) groups is 1. The summed E-state index contributed by atoms with van der Waals surface area (Å²) in [6.45, 7) is 4.07. The lowest BCUT2D eigenvalue weighted by atomic mass is 9.82. The van der Waals surface area contributed by atoms with Crippen LogP contribution in [-0.2, 0) is 6.42 Å². The highest BCUT2D eigenvalue weighted by Gasteiger charge is 2.30. The molecule has 1 aliphatic carbocycles.